The molecule has 0 aromatic carbocycles. The lowest BCUT2D eigenvalue weighted by molar-refractivity contribution is -0.190. The van der Waals surface area contributed by atoms with Crippen molar-refractivity contribution in [3.63, 3.8) is 0 Å². The first kappa shape index (κ1) is 15.5. The van der Waals surface area contributed by atoms with Crippen LogP contribution in [0.1, 0.15) is 11.3 Å². The molecule has 19 heavy (non-hydrogen) atoms. The predicted octanol–water partition coefficient (Wildman–Crippen LogP) is 2.01. The van der Waals surface area contributed by atoms with Crippen LogP contribution in [0, 0.1) is 6.92 Å². The Balaban J connectivity index is 2.55. The molecule has 9 heteroatoms. The number of carbonyl (C=O) groups is 1. The lowest BCUT2D eigenvalue weighted by Gasteiger charge is -2.06. The molecular weight excluding hydrogens is 287 g/mol. The number of carbonyl (C=O) groups excluding carboxylic acids is 1. The van der Waals surface area contributed by atoms with E-state index in [9.17, 15) is 18.0 Å². The fourth-order valence-electron chi connectivity index (χ4n) is 1.22. The Labute approximate surface area is 111 Å². The van der Waals surface area contributed by atoms with Crippen molar-refractivity contribution < 1.29 is 22.8 Å². The number of hydrogen-bond donors (Lipinski definition) is 1. The molecule has 1 aromatic heterocycles. The summed E-state index contributed by atoms with van der Waals surface area (Å²) in [5.41, 5.74) is 2.74. The van der Waals surface area contributed by atoms with E-state index < -0.39 is 18.7 Å². The zero-order valence-corrected chi connectivity index (χ0v) is 10.8. The number of nitrogens with zero attached hydrogens (tertiary/aromatic N) is 2. The summed E-state index contributed by atoms with van der Waals surface area (Å²) in [5.74, 6) is -0.830. The number of halogens is 4. The zero-order chi connectivity index (χ0) is 14.6. The van der Waals surface area contributed by atoms with Crippen molar-refractivity contribution in [3.05, 3.63) is 22.5 Å². The third-order valence-electron chi connectivity index (χ3n) is 2.01. The van der Waals surface area contributed by atoms with Crippen LogP contribution in [0.2, 0.25) is 5.15 Å². The van der Waals surface area contributed by atoms with Gasteiger partial charge in [0.25, 0.3) is 5.91 Å². The molecule has 5 nitrogen and oxygen atoms in total. The highest BCUT2D eigenvalue weighted by atomic mass is 35.5. The van der Waals surface area contributed by atoms with E-state index in [1.165, 1.54) is 10.8 Å². The summed E-state index contributed by atoms with van der Waals surface area (Å²) in [6, 6.07) is 0. The highest BCUT2D eigenvalue weighted by Crippen LogP contribution is 2.19. The van der Waals surface area contributed by atoms with Crippen LogP contribution < -0.4 is 5.48 Å². The average Bonchev–Trinajstić information content (AvgIpc) is 2.49. The van der Waals surface area contributed by atoms with Gasteiger partial charge in [0, 0.05) is 18.7 Å². The highest BCUT2D eigenvalue weighted by Gasteiger charge is 2.28. The van der Waals surface area contributed by atoms with Crippen LogP contribution in [0.3, 0.4) is 0 Å². The number of hydroxylamine groups is 1. The molecule has 106 valence electrons. The van der Waals surface area contributed by atoms with E-state index in [2.05, 4.69) is 9.94 Å². The van der Waals surface area contributed by atoms with Crippen molar-refractivity contribution in [3.8, 4) is 0 Å². The molecule has 0 unspecified atom stereocenters. The van der Waals surface area contributed by atoms with Crippen molar-refractivity contribution in [2.45, 2.75) is 13.1 Å². The Bertz CT molecular complexity index is 497. The number of hydrogen-bond acceptors (Lipinski definition) is 3. The van der Waals surface area contributed by atoms with Crippen molar-refractivity contribution in [2.75, 3.05) is 6.61 Å². The van der Waals surface area contributed by atoms with Gasteiger partial charge in [-0.05, 0) is 13.0 Å². The van der Waals surface area contributed by atoms with Crippen LogP contribution >= 0.6 is 11.6 Å². The summed E-state index contributed by atoms with van der Waals surface area (Å²) in [6.07, 6.45) is -2.15. The summed E-state index contributed by atoms with van der Waals surface area (Å²) in [6.45, 7) is 0.128. The van der Waals surface area contributed by atoms with E-state index in [0.717, 1.165) is 6.08 Å². The Morgan fingerprint density at radius 2 is 2.21 bits per heavy atom. The van der Waals surface area contributed by atoms with Gasteiger partial charge in [0.1, 0.15) is 5.15 Å². The van der Waals surface area contributed by atoms with Crippen molar-refractivity contribution >= 4 is 23.6 Å². The molecular formula is C10H11ClF3N3O2. The Morgan fingerprint density at radius 1 is 1.58 bits per heavy atom. The lowest BCUT2D eigenvalue weighted by atomic mass is 10.2. The van der Waals surface area contributed by atoms with Crippen LogP contribution in [0.5, 0.6) is 0 Å². The van der Waals surface area contributed by atoms with Crippen LogP contribution in [-0.4, -0.2) is 28.5 Å². The molecule has 0 saturated carbocycles. The van der Waals surface area contributed by atoms with E-state index in [-0.39, 0.29) is 0 Å². The first-order valence-corrected chi connectivity index (χ1v) is 5.44. The minimum atomic E-state index is -4.50. The summed E-state index contributed by atoms with van der Waals surface area (Å²) in [4.78, 5) is 15.2. The average molecular weight is 298 g/mol. The largest absolute Gasteiger partial charge is 0.414 e. The topological polar surface area (TPSA) is 56.2 Å². The monoisotopic (exact) mass is 297 g/mol. The quantitative estimate of drug-likeness (QED) is 0.683. The van der Waals surface area contributed by atoms with Gasteiger partial charge in [0.05, 0.1) is 5.69 Å². The summed E-state index contributed by atoms with van der Waals surface area (Å²) < 4.78 is 36.6. The van der Waals surface area contributed by atoms with E-state index >= 15 is 0 Å². The molecule has 0 fully saturated rings. The number of rotatable bonds is 4. The summed E-state index contributed by atoms with van der Waals surface area (Å²) in [5, 5.41) is 4.32. The Hall–Kier alpha value is -1.54. The first-order chi connectivity index (χ1) is 8.70. The normalized spacial score (nSPS) is 12.1. The Morgan fingerprint density at radius 3 is 2.68 bits per heavy atom. The summed E-state index contributed by atoms with van der Waals surface area (Å²) >= 11 is 5.90. The van der Waals surface area contributed by atoms with Gasteiger partial charge in [-0.25, -0.2) is 5.48 Å². The van der Waals surface area contributed by atoms with Gasteiger partial charge in [-0.1, -0.05) is 11.6 Å². The lowest BCUT2D eigenvalue weighted by Crippen LogP contribution is -2.28. The van der Waals surface area contributed by atoms with Gasteiger partial charge < -0.3 is 0 Å². The molecule has 1 N–H and O–H groups in total. The van der Waals surface area contributed by atoms with E-state index in [0.29, 0.717) is 16.4 Å². The van der Waals surface area contributed by atoms with Gasteiger partial charge >= 0.3 is 6.18 Å². The fourth-order valence-corrected chi connectivity index (χ4v) is 1.46. The van der Waals surface area contributed by atoms with E-state index in [1.54, 1.807) is 19.5 Å². The smallest absolute Gasteiger partial charge is 0.268 e. The maximum absolute atomic E-state index is 11.7. The van der Waals surface area contributed by atoms with Gasteiger partial charge in [-0.15, -0.1) is 0 Å². The second-order valence-corrected chi connectivity index (χ2v) is 3.98. The standard InChI is InChI=1S/C10H11ClF3N3O2/c1-6-7(9(11)17(2)15-6)3-4-8(18)16-19-5-10(12,13)14/h3-4H,5H2,1-2H3,(H,16,18)/b4-3+. The number of nitrogens with one attached hydrogen (secondary N) is 1. The highest BCUT2D eigenvalue weighted by molar-refractivity contribution is 6.31. The maximum atomic E-state index is 11.7. The predicted molar refractivity (Wildman–Crippen MR) is 62.1 cm³/mol. The minimum absolute atomic E-state index is 0.317. The third-order valence-corrected chi connectivity index (χ3v) is 2.45. The van der Waals surface area contributed by atoms with Gasteiger partial charge in [-0.3, -0.25) is 14.3 Å². The summed E-state index contributed by atoms with van der Waals surface area (Å²) in [7, 11) is 1.62. The second kappa shape index (κ2) is 6.07. The molecule has 0 aliphatic heterocycles. The molecule has 1 aromatic rings. The van der Waals surface area contributed by atoms with E-state index in [4.69, 9.17) is 11.6 Å². The van der Waals surface area contributed by atoms with Crippen LogP contribution in [0.15, 0.2) is 6.08 Å². The number of aryl methyl sites for hydroxylation is 2. The van der Waals surface area contributed by atoms with Crippen molar-refractivity contribution in [1.82, 2.24) is 15.3 Å². The second-order valence-electron chi connectivity index (χ2n) is 3.62. The van der Waals surface area contributed by atoms with Crippen molar-refractivity contribution in [2.24, 2.45) is 7.05 Å². The van der Waals surface area contributed by atoms with Crippen LogP contribution in [0.25, 0.3) is 6.08 Å². The molecule has 0 saturated heterocycles. The maximum Gasteiger partial charge on any atom is 0.414 e. The van der Waals surface area contributed by atoms with Crippen LogP contribution in [-0.2, 0) is 16.7 Å². The molecule has 1 rings (SSSR count). The van der Waals surface area contributed by atoms with Crippen LogP contribution in [0.4, 0.5) is 13.2 Å². The molecule has 0 spiro atoms. The molecule has 1 amide bonds. The molecule has 0 aliphatic carbocycles. The van der Waals surface area contributed by atoms with Gasteiger partial charge in [0.15, 0.2) is 6.61 Å². The van der Waals surface area contributed by atoms with Gasteiger partial charge in [0.2, 0.25) is 0 Å². The first-order valence-electron chi connectivity index (χ1n) is 5.06. The van der Waals surface area contributed by atoms with Crippen molar-refractivity contribution in [1.29, 1.82) is 0 Å². The van der Waals surface area contributed by atoms with Gasteiger partial charge in [-0.2, -0.15) is 18.3 Å². The molecule has 0 atom stereocenters. The number of aromatic nitrogens is 2. The molecule has 0 radical (unpaired) electrons. The fraction of sp³-hybridized carbons (Fsp3) is 0.400. The minimum Gasteiger partial charge on any atom is -0.268 e. The number of amides is 1. The zero-order valence-electron chi connectivity index (χ0n) is 10.1. The SMILES string of the molecule is Cc1nn(C)c(Cl)c1/C=C/C(=O)NOCC(F)(F)F. The van der Waals surface area contributed by atoms with E-state index in [1.807, 2.05) is 0 Å². The number of alkyl halides is 3. The molecule has 0 bridgehead atoms. The molecule has 0 aliphatic rings. The molecule has 1 heterocycles. The Kier molecular flexibility index (Phi) is 4.96. The third kappa shape index (κ3) is 4.92.